The third kappa shape index (κ3) is 4.22. The third-order valence-electron chi connectivity index (χ3n) is 3.90. The molecule has 2 rings (SSSR count). The Morgan fingerprint density at radius 2 is 1.81 bits per heavy atom. The van der Waals surface area contributed by atoms with Gasteiger partial charge in [0.15, 0.2) is 0 Å². The number of hydrogen-bond acceptors (Lipinski definition) is 1. The maximum atomic E-state index is 13.0. The summed E-state index contributed by atoms with van der Waals surface area (Å²) in [6.45, 7) is 0. The lowest BCUT2D eigenvalue weighted by molar-refractivity contribution is -0.197. The van der Waals surface area contributed by atoms with Crippen LogP contribution >= 0.6 is 15.9 Å². The molecule has 6 heteroatoms. The monoisotopic (exact) mass is 363 g/mol. The van der Waals surface area contributed by atoms with Gasteiger partial charge in [0.25, 0.3) is 0 Å². The fourth-order valence-electron chi connectivity index (χ4n) is 2.75. The van der Waals surface area contributed by atoms with Gasteiger partial charge in [-0.15, -0.1) is 0 Å². The molecule has 1 fully saturated rings. The van der Waals surface area contributed by atoms with Crippen LogP contribution in [0.1, 0.15) is 31.2 Å². The number of hydrogen-bond donors (Lipinski definition) is 1. The van der Waals surface area contributed by atoms with Gasteiger partial charge in [0.2, 0.25) is 5.91 Å². The molecule has 0 aliphatic heterocycles. The highest BCUT2D eigenvalue weighted by atomic mass is 79.9. The first-order chi connectivity index (χ1) is 9.91. The lowest BCUT2D eigenvalue weighted by Crippen LogP contribution is -2.39. The summed E-state index contributed by atoms with van der Waals surface area (Å²) in [5.41, 5.74) is 1.58. The van der Waals surface area contributed by atoms with Crippen LogP contribution in [0, 0.1) is 11.8 Å². The molecule has 2 unspecified atom stereocenters. The maximum absolute atomic E-state index is 13.0. The minimum atomic E-state index is -4.30. The summed E-state index contributed by atoms with van der Waals surface area (Å²) >= 11 is 3.31. The molecule has 21 heavy (non-hydrogen) atoms. The summed E-state index contributed by atoms with van der Waals surface area (Å²) in [7, 11) is 0. The van der Waals surface area contributed by atoms with Gasteiger partial charge in [-0.2, -0.15) is 13.2 Å². The van der Waals surface area contributed by atoms with Crippen molar-refractivity contribution in [3.8, 4) is 0 Å². The Morgan fingerprint density at radius 1 is 1.19 bits per heavy atom. The molecule has 1 N–H and O–H groups in total. The van der Waals surface area contributed by atoms with E-state index in [0.29, 0.717) is 30.3 Å². The highest BCUT2D eigenvalue weighted by molar-refractivity contribution is 9.08. The van der Waals surface area contributed by atoms with Gasteiger partial charge in [0, 0.05) is 16.9 Å². The van der Waals surface area contributed by atoms with Crippen LogP contribution in [0.2, 0.25) is 0 Å². The molecule has 1 saturated carbocycles. The molecule has 116 valence electrons. The fourth-order valence-corrected chi connectivity index (χ4v) is 3.12. The molecule has 0 heterocycles. The molecule has 0 spiro atoms. The third-order valence-corrected chi connectivity index (χ3v) is 4.55. The van der Waals surface area contributed by atoms with Crippen molar-refractivity contribution in [1.29, 1.82) is 0 Å². The highest BCUT2D eigenvalue weighted by Crippen LogP contribution is 2.41. The predicted molar refractivity (Wildman–Crippen MR) is 79.2 cm³/mol. The second-order valence-electron chi connectivity index (χ2n) is 5.36. The first-order valence-electron chi connectivity index (χ1n) is 6.94. The molecule has 1 amide bonds. The molecule has 2 nitrogen and oxygen atoms in total. The number of benzene rings is 1. The van der Waals surface area contributed by atoms with E-state index < -0.39 is 23.9 Å². The zero-order valence-corrected chi connectivity index (χ0v) is 13.0. The number of anilines is 1. The highest BCUT2D eigenvalue weighted by Gasteiger charge is 2.47. The van der Waals surface area contributed by atoms with Crippen molar-refractivity contribution in [2.45, 2.75) is 37.2 Å². The zero-order valence-electron chi connectivity index (χ0n) is 11.4. The van der Waals surface area contributed by atoms with Crippen LogP contribution in [0.25, 0.3) is 0 Å². The molecule has 1 aliphatic carbocycles. The summed E-state index contributed by atoms with van der Waals surface area (Å²) in [6, 6.07) is 7.07. The van der Waals surface area contributed by atoms with Gasteiger partial charge in [0.05, 0.1) is 5.92 Å². The lowest BCUT2D eigenvalue weighted by atomic mass is 9.78. The Bertz CT molecular complexity index is 487. The minimum absolute atomic E-state index is 0.0457. The molecule has 0 radical (unpaired) electrons. The standard InChI is InChI=1S/C15H17BrF3NO/c16-9-10-5-7-11(8-6-10)20-14(21)12-3-1-2-4-13(12)15(17,18)19/h5-8,12-13H,1-4,9H2,(H,20,21). The van der Waals surface area contributed by atoms with Crippen LogP contribution < -0.4 is 5.32 Å². The predicted octanol–water partition coefficient (Wildman–Crippen LogP) is 4.89. The smallest absolute Gasteiger partial charge is 0.326 e. The van der Waals surface area contributed by atoms with E-state index in [9.17, 15) is 18.0 Å². The normalized spacial score (nSPS) is 22.9. The van der Waals surface area contributed by atoms with E-state index in [1.165, 1.54) is 0 Å². The number of alkyl halides is 4. The largest absolute Gasteiger partial charge is 0.392 e. The van der Waals surface area contributed by atoms with Gasteiger partial charge in [-0.1, -0.05) is 40.9 Å². The number of carbonyl (C=O) groups is 1. The summed E-state index contributed by atoms with van der Waals surface area (Å²) < 4.78 is 39.0. The van der Waals surface area contributed by atoms with Crippen molar-refractivity contribution in [3.05, 3.63) is 29.8 Å². The van der Waals surface area contributed by atoms with Crippen molar-refractivity contribution >= 4 is 27.5 Å². The van der Waals surface area contributed by atoms with Crippen LogP contribution in [-0.4, -0.2) is 12.1 Å². The van der Waals surface area contributed by atoms with Gasteiger partial charge in [-0.25, -0.2) is 0 Å². The zero-order chi connectivity index (χ0) is 15.5. The van der Waals surface area contributed by atoms with Crippen molar-refractivity contribution in [3.63, 3.8) is 0 Å². The van der Waals surface area contributed by atoms with Gasteiger partial charge < -0.3 is 5.32 Å². The van der Waals surface area contributed by atoms with Gasteiger partial charge in [-0.3, -0.25) is 4.79 Å². The Kier molecular flexibility index (Phi) is 5.30. The van der Waals surface area contributed by atoms with E-state index in [2.05, 4.69) is 21.2 Å². The van der Waals surface area contributed by atoms with Gasteiger partial charge in [0.1, 0.15) is 0 Å². The van der Waals surface area contributed by atoms with Crippen LogP contribution in [-0.2, 0) is 10.1 Å². The average molecular weight is 364 g/mol. The number of halogens is 4. The first-order valence-corrected chi connectivity index (χ1v) is 8.06. The van der Waals surface area contributed by atoms with E-state index in [0.717, 1.165) is 5.56 Å². The van der Waals surface area contributed by atoms with Crippen LogP contribution in [0.5, 0.6) is 0 Å². The topological polar surface area (TPSA) is 29.1 Å². The van der Waals surface area contributed by atoms with Crippen molar-refractivity contribution in [2.75, 3.05) is 5.32 Å². The molecule has 2 atom stereocenters. The molecule has 1 aliphatic rings. The van der Waals surface area contributed by atoms with E-state index in [1.54, 1.807) is 12.1 Å². The molecule has 1 aromatic rings. The van der Waals surface area contributed by atoms with Gasteiger partial charge in [-0.05, 0) is 30.5 Å². The average Bonchev–Trinajstić information content (AvgIpc) is 2.47. The molecule has 0 bridgehead atoms. The number of nitrogens with one attached hydrogen (secondary N) is 1. The molecule has 0 aromatic heterocycles. The number of carbonyl (C=O) groups excluding carboxylic acids is 1. The maximum Gasteiger partial charge on any atom is 0.392 e. The molecular weight excluding hydrogens is 347 g/mol. The number of rotatable bonds is 3. The summed E-state index contributed by atoms with van der Waals surface area (Å²) in [6.07, 6.45) is -2.75. The van der Waals surface area contributed by atoms with Crippen LogP contribution in [0.3, 0.4) is 0 Å². The SMILES string of the molecule is O=C(Nc1ccc(CBr)cc1)C1CCCCC1C(F)(F)F. The van der Waals surface area contributed by atoms with Crippen LogP contribution in [0.4, 0.5) is 18.9 Å². The Morgan fingerprint density at radius 3 is 2.38 bits per heavy atom. The first kappa shape index (κ1) is 16.3. The molecular formula is C15H17BrF3NO. The van der Waals surface area contributed by atoms with E-state index in [4.69, 9.17) is 0 Å². The minimum Gasteiger partial charge on any atom is -0.326 e. The Labute approximate surface area is 130 Å². The lowest BCUT2D eigenvalue weighted by Gasteiger charge is -2.32. The quantitative estimate of drug-likeness (QED) is 0.761. The second-order valence-corrected chi connectivity index (χ2v) is 5.92. The summed E-state index contributed by atoms with van der Waals surface area (Å²) in [5, 5.41) is 3.31. The van der Waals surface area contributed by atoms with E-state index in [-0.39, 0.29) is 6.42 Å². The van der Waals surface area contributed by atoms with Crippen molar-refractivity contribution in [2.24, 2.45) is 11.8 Å². The van der Waals surface area contributed by atoms with Crippen molar-refractivity contribution < 1.29 is 18.0 Å². The Balaban J connectivity index is 2.06. The number of amides is 1. The van der Waals surface area contributed by atoms with Crippen molar-refractivity contribution in [1.82, 2.24) is 0 Å². The second kappa shape index (κ2) is 6.81. The van der Waals surface area contributed by atoms with Gasteiger partial charge >= 0.3 is 6.18 Å². The van der Waals surface area contributed by atoms with E-state index >= 15 is 0 Å². The molecule has 1 aromatic carbocycles. The van der Waals surface area contributed by atoms with Crippen LogP contribution in [0.15, 0.2) is 24.3 Å². The fraction of sp³-hybridized carbons (Fsp3) is 0.533. The summed E-state index contributed by atoms with van der Waals surface area (Å²) in [4.78, 5) is 12.2. The Hall–Kier alpha value is -1.04. The van der Waals surface area contributed by atoms with E-state index in [1.807, 2.05) is 12.1 Å². The molecule has 0 saturated heterocycles. The summed E-state index contributed by atoms with van der Waals surface area (Å²) in [5.74, 6) is -3.02.